The second-order valence-corrected chi connectivity index (χ2v) is 5.97. The Hall–Kier alpha value is -0.160. The Morgan fingerprint density at radius 3 is 2.78 bits per heavy atom. The monoisotopic (exact) mass is 255 g/mol. The van der Waals surface area contributed by atoms with Crippen molar-refractivity contribution >= 4 is 0 Å². The molecule has 1 N–H and O–H groups in total. The summed E-state index contributed by atoms with van der Waals surface area (Å²) in [5.41, 5.74) is 0. The van der Waals surface area contributed by atoms with E-state index in [-0.39, 0.29) is 0 Å². The van der Waals surface area contributed by atoms with Gasteiger partial charge in [-0.2, -0.15) is 0 Å². The van der Waals surface area contributed by atoms with E-state index in [0.29, 0.717) is 18.2 Å². The summed E-state index contributed by atoms with van der Waals surface area (Å²) in [5, 5.41) is 3.21. The Labute approximate surface area is 112 Å². The molecule has 2 saturated heterocycles. The lowest BCUT2D eigenvalue weighted by atomic mass is 10.1. The van der Waals surface area contributed by atoms with Crippen LogP contribution in [0.1, 0.15) is 26.2 Å². The summed E-state index contributed by atoms with van der Waals surface area (Å²) in [6.45, 7) is 8.11. The molecular weight excluding hydrogens is 226 g/mol. The van der Waals surface area contributed by atoms with Gasteiger partial charge in [-0.3, -0.25) is 4.90 Å². The molecule has 0 radical (unpaired) electrons. The maximum atomic E-state index is 6.10. The predicted molar refractivity (Wildman–Crippen MR) is 75.0 cm³/mol. The maximum Gasteiger partial charge on any atom is 0.0707 e. The van der Waals surface area contributed by atoms with Gasteiger partial charge in [-0.25, -0.2) is 0 Å². The highest BCUT2D eigenvalue weighted by Crippen LogP contribution is 2.21. The van der Waals surface area contributed by atoms with E-state index in [1.807, 2.05) is 7.05 Å². The minimum absolute atomic E-state index is 0.435. The third-order valence-electron chi connectivity index (χ3n) is 4.25. The molecule has 0 aromatic carbocycles. The minimum Gasteiger partial charge on any atom is -0.372 e. The fourth-order valence-electron chi connectivity index (χ4n) is 3.25. The second kappa shape index (κ2) is 6.85. The number of rotatable bonds is 4. The Morgan fingerprint density at radius 1 is 1.22 bits per heavy atom. The lowest BCUT2D eigenvalue weighted by molar-refractivity contribution is 0.0172. The zero-order valence-electron chi connectivity index (χ0n) is 12.2. The topological polar surface area (TPSA) is 27.7 Å². The van der Waals surface area contributed by atoms with Crippen molar-refractivity contribution in [2.24, 2.45) is 0 Å². The van der Waals surface area contributed by atoms with Gasteiger partial charge in [-0.05, 0) is 53.4 Å². The minimum atomic E-state index is 0.435. The van der Waals surface area contributed by atoms with Crippen molar-refractivity contribution in [2.75, 3.05) is 46.8 Å². The first-order valence-electron chi connectivity index (χ1n) is 7.41. The average molecular weight is 255 g/mol. The average Bonchev–Trinajstić information content (AvgIpc) is 2.69. The Morgan fingerprint density at radius 2 is 2.00 bits per heavy atom. The summed E-state index contributed by atoms with van der Waals surface area (Å²) in [4.78, 5) is 5.07. The molecule has 0 amide bonds. The first-order chi connectivity index (χ1) is 8.69. The van der Waals surface area contributed by atoms with Gasteiger partial charge in [0.15, 0.2) is 0 Å². The molecule has 0 spiro atoms. The van der Waals surface area contributed by atoms with Crippen LogP contribution < -0.4 is 5.32 Å². The van der Waals surface area contributed by atoms with E-state index >= 15 is 0 Å². The molecule has 2 fully saturated rings. The van der Waals surface area contributed by atoms with Crippen LogP contribution in [-0.4, -0.2) is 74.9 Å². The van der Waals surface area contributed by atoms with Crippen LogP contribution >= 0.6 is 0 Å². The summed E-state index contributed by atoms with van der Waals surface area (Å²) in [5.74, 6) is 0. The standard InChI is InChI=1S/C14H29N3O/c1-12-10-16(3)7-4-8-17(12)11-14-6-5-13(18-14)9-15-2/h12-15H,4-11H2,1-3H3. The highest BCUT2D eigenvalue weighted by atomic mass is 16.5. The van der Waals surface area contributed by atoms with Crippen LogP contribution in [-0.2, 0) is 4.74 Å². The molecular formula is C14H29N3O. The highest BCUT2D eigenvalue weighted by molar-refractivity contribution is 4.82. The highest BCUT2D eigenvalue weighted by Gasteiger charge is 2.28. The largest absolute Gasteiger partial charge is 0.372 e. The molecule has 0 aromatic rings. The summed E-state index contributed by atoms with van der Waals surface area (Å²) < 4.78 is 6.10. The van der Waals surface area contributed by atoms with Crippen LogP contribution in [0.15, 0.2) is 0 Å². The second-order valence-electron chi connectivity index (χ2n) is 5.97. The van der Waals surface area contributed by atoms with Crippen molar-refractivity contribution < 1.29 is 4.74 Å². The Bertz CT molecular complexity index is 249. The first-order valence-corrected chi connectivity index (χ1v) is 7.41. The van der Waals surface area contributed by atoms with Crippen LogP contribution in [0, 0.1) is 0 Å². The van der Waals surface area contributed by atoms with Gasteiger partial charge >= 0.3 is 0 Å². The van der Waals surface area contributed by atoms with E-state index in [4.69, 9.17) is 4.74 Å². The smallest absolute Gasteiger partial charge is 0.0707 e. The van der Waals surface area contributed by atoms with Crippen LogP contribution in [0.25, 0.3) is 0 Å². The fraction of sp³-hybridized carbons (Fsp3) is 1.00. The molecule has 2 aliphatic heterocycles. The summed E-state index contributed by atoms with van der Waals surface area (Å²) >= 11 is 0. The van der Waals surface area contributed by atoms with Crippen molar-refractivity contribution in [3.63, 3.8) is 0 Å². The third-order valence-corrected chi connectivity index (χ3v) is 4.25. The van der Waals surface area contributed by atoms with Gasteiger partial charge in [-0.1, -0.05) is 0 Å². The van der Waals surface area contributed by atoms with Crippen molar-refractivity contribution in [3.8, 4) is 0 Å². The molecule has 4 nitrogen and oxygen atoms in total. The van der Waals surface area contributed by atoms with Crippen molar-refractivity contribution in [1.29, 1.82) is 0 Å². The van der Waals surface area contributed by atoms with Gasteiger partial charge in [0.25, 0.3) is 0 Å². The van der Waals surface area contributed by atoms with Crippen molar-refractivity contribution in [2.45, 2.75) is 44.4 Å². The molecule has 2 rings (SSSR count). The van der Waals surface area contributed by atoms with E-state index in [1.165, 1.54) is 38.9 Å². The molecule has 106 valence electrons. The lowest BCUT2D eigenvalue weighted by Crippen LogP contribution is -2.42. The number of likely N-dealkylation sites (N-methyl/N-ethyl adjacent to an activating group) is 2. The Balaban J connectivity index is 1.78. The molecule has 0 aromatic heterocycles. The van der Waals surface area contributed by atoms with Gasteiger partial charge in [0, 0.05) is 25.7 Å². The molecule has 2 aliphatic rings. The molecule has 3 unspecified atom stereocenters. The summed E-state index contributed by atoms with van der Waals surface area (Å²) in [6, 6.07) is 0.657. The van der Waals surface area contributed by atoms with Crippen LogP contribution in [0.4, 0.5) is 0 Å². The molecule has 4 heteroatoms. The maximum absolute atomic E-state index is 6.10. The van der Waals surface area contributed by atoms with Gasteiger partial charge in [-0.15, -0.1) is 0 Å². The molecule has 3 atom stereocenters. The van der Waals surface area contributed by atoms with E-state index < -0.39 is 0 Å². The van der Waals surface area contributed by atoms with Crippen molar-refractivity contribution in [3.05, 3.63) is 0 Å². The first kappa shape index (κ1) is 14.3. The number of hydrogen-bond donors (Lipinski definition) is 1. The number of nitrogens with zero attached hydrogens (tertiary/aromatic N) is 2. The van der Waals surface area contributed by atoms with Crippen LogP contribution in [0.2, 0.25) is 0 Å². The molecule has 0 saturated carbocycles. The third kappa shape index (κ3) is 3.92. The van der Waals surface area contributed by atoms with E-state index in [2.05, 4.69) is 29.1 Å². The zero-order chi connectivity index (χ0) is 13.0. The van der Waals surface area contributed by atoms with Crippen LogP contribution in [0.3, 0.4) is 0 Å². The summed E-state index contributed by atoms with van der Waals surface area (Å²) in [6.07, 6.45) is 4.62. The molecule has 18 heavy (non-hydrogen) atoms. The van der Waals surface area contributed by atoms with Crippen molar-refractivity contribution in [1.82, 2.24) is 15.1 Å². The van der Waals surface area contributed by atoms with Gasteiger partial charge in [0.2, 0.25) is 0 Å². The van der Waals surface area contributed by atoms with E-state index in [0.717, 1.165) is 13.1 Å². The number of hydrogen-bond acceptors (Lipinski definition) is 4. The van der Waals surface area contributed by atoms with Gasteiger partial charge in [0.1, 0.15) is 0 Å². The Kier molecular flexibility index (Phi) is 5.42. The SMILES string of the molecule is CNCC1CCC(CN2CCCN(C)CC2C)O1. The lowest BCUT2D eigenvalue weighted by Gasteiger charge is -2.30. The molecule has 2 heterocycles. The quantitative estimate of drug-likeness (QED) is 0.803. The molecule has 0 bridgehead atoms. The van der Waals surface area contributed by atoms with Crippen LogP contribution in [0.5, 0.6) is 0 Å². The fourth-order valence-corrected chi connectivity index (χ4v) is 3.25. The molecule has 0 aliphatic carbocycles. The van der Waals surface area contributed by atoms with E-state index in [9.17, 15) is 0 Å². The van der Waals surface area contributed by atoms with Gasteiger partial charge in [0.05, 0.1) is 12.2 Å². The number of ether oxygens (including phenoxy) is 1. The predicted octanol–water partition coefficient (Wildman–Crippen LogP) is 0.779. The summed E-state index contributed by atoms with van der Waals surface area (Å²) in [7, 11) is 4.23. The normalized spacial score (nSPS) is 35.8. The zero-order valence-corrected chi connectivity index (χ0v) is 12.2. The number of nitrogens with one attached hydrogen (secondary N) is 1. The van der Waals surface area contributed by atoms with Gasteiger partial charge < -0.3 is 15.0 Å². The van der Waals surface area contributed by atoms with E-state index in [1.54, 1.807) is 0 Å².